The number of alkyl halides is 7. The Morgan fingerprint density at radius 2 is 1.14 bits per heavy atom. The standard InChI is InChI=1S/C20H33Cl7O2/c1-3-4-5-6-7-8-9-10-11-12-13-14-15-18(22,23)20(26,27)19(24,25)17(28)29-16(2)21/h16H,3-15H2,1-2H3. The van der Waals surface area contributed by atoms with E-state index in [-0.39, 0.29) is 6.42 Å². The van der Waals surface area contributed by atoms with Crippen LogP contribution in [-0.4, -0.2) is 24.5 Å². The Morgan fingerprint density at radius 1 is 0.759 bits per heavy atom. The minimum atomic E-state index is -2.38. The van der Waals surface area contributed by atoms with Crippen LogP contribution < -0.4 is 0 Å². The van der Waals surface area contributed by atoms with Gasteiger partial charge in [0.25, 0.3) is 0 Å². The topological polar surface area (TPSA) is 26.3 Å². The van der Waals surface area contributed by atoms with E-state index in [1.54, 1.807) is 0 Å². The van der Waals surface area contributed by atoms with Gasteiger partial charge >= 0.3 is 5.97 Å². The normalized spacial score (nSPS) is 14.1. The Labute approximate surface area is 211 Å². The summed E-state index contributed by atoms with van der Waals surface area (Å²) in [6.07, 6.45) is 14.5. The van der Waals surface area contributed by atoms with Crippen LogP contribution in [0.1, 0.15) is 97.3 Å². The van der Waals surface area contributed by atoms with E-state index in [4.69, 9.17) is 85.9 Å². The first-order valence-corrected chi connectivity index (χ1v) is 13.1. The third-order valence-corrected chi connectivity index (χ3v) is 8.62. The highest BCUT2D eigenvalue weighted by molar-refractivity contribution is 6.73. The first-order chi connectivity index (χ1) is 13.4. The van der Waals surface area contributed by atoms with E-state index in [9.17, 15) is 4.79 Å². The number of carbonyl (C=O) groups is 1. The van der Waals surface area contributed by atoms with Crippen molar-refractivity contribution in [1.29, 1.82) is 0 Å². The second kappa shape index (κ2) is 15.4. The van der Waals surface area contributed by atoms with E-state index in [0.29, 0.717) is 6.42 Å². The fourth-order valence-electron chi connectivity index (χ4n) is 2.92. The first-order valence-electron chi connectivity index (χ1n) is 10.4. The maximum absolute atomic E-state index is 12.1. The van der Waals surface area contributed by atoms with Crippen LogP contribution >= 0.6 is 81.2 Å². The number of hydrogen-bond acceptors (Lipinski definition) is 2. The van der Waals surface area contributed by atoms with Crippen molar-refractivity contribution in [3.05, 3.63) is 0 Å². The average Bonchev–Trinajstić information content (AvgIpc) is 2.61. The van der Waals surface area contributed by atoms with E-state index in [0.717, 1.165) is 19.3 Å². The van der Waals surface area contributed by atoms with Crippen LogP contribution in [0.2, 0.25) is 0 Å². The van der Waals surface area contributed by atoms with Gasteiger partial charge in [0.05, 0.1) is 0 Å². The molecule has 0 heterocycles. The number of rotatable bonds is 17. The van der Waals surface area contributed by atoms with E-state index in [1.165, 1.54) is 58.3 Å². The summed E-state index contributed by atoms with van der Waals surface area (Å²) >= 11 is 42.8. The minimum absolute atomic E-state index is 0.228. The number of unbranched alkanes of at least 4 members (excludes halogenated alkanes) is 11. The summed E-state index contributed by atoms with van der Waals surface area (Å²) in [5, 5.41) is 0. The second-order valence-electron chi connectivity index (χ2n) is 7.44. The molecule has 2 nitrogen and oxygen atoms in total. The number of esters is 1. The van der Waals surface area contributed by atoms with Gasteiger partial charge in [-0.05, 0) is 13.3 Å². The molecule has 0 N–H and O–H groups in total. The number of carbonyl (C=O) groups excluding carboxylic acids is 1. The fourth-order valence-corrected chi connectivity index (χ4v) is 4.50. The monoisotopic (exact) mass is 550 g/mol. The molecule has 0 aromatic heterocycles. The van der Waals surface area contributed by atoms with Crippen LogP contribution in [0.25, 0.3) is 0 Å². The third kappa shape index (κ3) is 11.3. The summed E-state index contributed by atoms with van der Waals surface area (Å²) in [4.78, 5) is 12.1. The van der Waals surface area contributed by atoms with Crippen molar-refractivity contribution in [2.75, 3.05) is 0 Å². The van der Waals surface area contributed by atoms with Gasteiger partial charge in [-0.2, -0.15) is 0 Å². The molecule has 0 rings (SSSR count). The van der Waals surface area contributed by atoms with Gasteiger partial charge in [-0.15, -0.1) is 0 Å². The lowest BCUT2D eigenvalue weighted by Crippen LogP contribution is -2.54. The molecule has 0 spiro atoms. The summed E-state index contributed by atoms with van der Waals surface area (Å²) in [5.74, 6) is -1.10. The summed E-state index contributed by atoms with van der Waals surface area (Å²) in [5.41, 5.74) is -0.958. The van der Waals surface area contributed by atoms with Crippen LogP contribution in [0.5, 0.6) is 0 Å². The molecule has 0 saturated heterocycles. The Balaban J connectivity index is 4.17. The Bertz CT molecular complexity index is 454. The van der Waals surface area contributed by atoms with Gasteiger partial charge in [0.15, 0.2) is 14.2 Å². The minimum Gasteiger partial charge on any atom is -0.444 e. The first kappa shape index (κ1) is 30.5. The molecule has 0 aromatic carbocycles. The van der Waals surface area contributed by atoms with Crippen molar-refractivity contribution in [2.24, 2.45) is 0 Å². The second-order valence-corrected chi connectivity index (χ2v) is 12.2. The van der Waals surface area contributed by atoms with Crippen LogP contribution in [0.15, 0.2) is 0 Å². The molecule has 0 bridgehead atoms. The van der Waals surface area contributed by atoms with Crippen molar-refractivity contribution in [1.82, 2.24) is 0 Å². The molecule has 0 fully saturated rings. The SMILES string of the molecule is CCCCCCCCCCCCCCC(Cl)(Cl)C(Cl)(Cl)C(Cl)(Cl)C(=O)OC(C)Cl. The van der Waals surface area contributed by atoms with Gasteiger partial charge in [0, 0.05) is 0 Å². The number of ether oxygens (including phenoxy) is 1. The van der Waals surface area contributed by atoms with Crippen molar-refractivity contribution < 1.29 is 9.53 Å². The summed E-state index contributed by atoms with van der Waals surface area (Å²) < 4.78 is -1.52. The zero-order chi connectivity index (χ0) is 22.6. The quantitative estimate of drug-likeness (QED) is 0.102. The van der Waals surface area contributed by atoms with Crippen molar-refractivity contribution >= 4 is 87.2 Å². The highest BCUT2D eigenvalue weighted by atomic mass is 35.5. The van der Waals surface area contributed by atoms with Crippen LogP contribution in [0, 0.1) is 0 Å². The molecule has 0 aliphatic heterocycles. The van der Waals surface area contributed by atoms with Gasteiger partial charge in [-0.3, -0.25) is 0 Å². The van der Waals surface area contributed by atoms with Crippen LogP contribution in [0.4, 0.5) is 0 Å². The average molecular weight is 554 g/mol. The van der Waals surface area contributed by atoms with Crippen LogP contribution in [0.3, 0.4) is 0 Å². The van der Waals surface area contributed by atoms with E-state index in [2.05, 4.69) is 6.92 Å². The molecule has 0 aliphatic rings. The summed E-state index contributed by atoms with van der Waals surface area (Å²) in [6.45, 7) is 3.66. The molecular weight excluding hydrogens is 520 g/mol. The third-order valence-electron chi connectivity index (χ3n) is 4.72. The van der Waals surface area contributed by atoms with E-state index < -0.39 is 24.5 Å². The zero-order valence-corrected chi connectivity index (χ0v) is 22.5. The molecule has 0 radical (unpaired) electrons. The molecule has 9 heteroatoms. The molecule has 0 aromatic rings. The molecular formula is C20H33Cl7O2. The molecule has 29 heavy (non-hydrogen) atoms. The lowest BCUT2D eigenvalue weighted by molar-refractivity contribution is -0.146. The Kier molecular flexibility index (Phi) is 16.2. The lowest BCUT2D eigenvalue weighted by Gasteiger charge is -2.39. The predicted molar refractivity (Wildman–Crippen MR) is 130 cm³/mol. The summed E-state index contributed by atoms with van der Waals surface area (Å²) in [6, 6.07) is 0. The maximum atomic E-state index is 12.1. The van der Waals surface area contributed by atoms with Gasteiger partial charge in [0.1, 0.15) is 0 Å². The number of hydrogen-bond donors (Lipinski definition) is 0. The largest absolute Gasteiger partial charge is 0.444 e. The molecule has 0 saturated carbocycles. The molecule has 0 amide bonds. The predicted octanol–water partition coefficient (Wildman–Crippen LogP) is 9.73. The van der Waals surface area contributed by atoms with Gasteiger partial charge < -0.3 is 4.74 Å². The fraction of sp³-hybridized carbons (Fsp3) is 0.950. The van der Waals surface area contributed by atoms with E-state index in [1.807, 2.05) is 0 Å². The maximum Gasteiger partial charge on any atom is 0.347 e. The molecule has 1 atom stereocenters. The highest BCUT2D eigenvalue weighted by Gasteiger charge is 2.64. The van der Waals surface area contributed by atoms with E-state index >= 15 is 0 Å². The Morgan fingerprint density at radius 3 is 1.52 bits per heavy atom. The smallest absolute Gasteiger partial charge is 0.347 e. The van der Waals surface area contributed by atoms with Gasteiger partial charge in [0.2, 0.25) is 4.33 Å². The zero-order valence-electron chi connectivity index (χ0n) is 17.2. The van der Waals surface area contributed by atoms with Crippen molar-refractivity contribution in [2.45, 2.75) is 116 Å². The highest BCUT2D eigenvalue weighted by Crippen LogP contribution is 2.56. The van der Waals surface area contributed by atoms with Crippen LogP contribution in [-0.2, 0) is 9.53 Å². The number of halogens is 7. The van der Waals surface area contributed by atoms with Gasteiger partial charge in [-0.25, -0.2) is 4.79 Å². The summed E-state index contributed by atoms with van der Waals surface area (Å²) in [7, 11) is 0. The molecule has 0 aliphatic carbocycles. The molecule has 174 valence electrons. The molecule has 1 unspecified atom stereocenters. The van der Waals surface area contributed by atoms with Gasteiger partial charge in [-0.1, -0.05) is 165 Å². The van der Waals surface area contributed by atoms with Crippen molar-refractivity contribution in [3.63, 3.8) is 0 Å². The lowest BCUT2D eigenvalue weighted by atomic mass is 10.0. The Hall–Kier alpha value is 1.50. The van der Waals surface area contributed by atoms with Crippen molar-refractivity contribution in [3.8, 4) is 0 Å².